The van der Waals surface area contributed by atoms with Gasteiger partial charge in [-0.25, -0.2) is 4.79 Å². The lowest BCUT2D eigenvalue weighted by Crippen LogP contribution is -2.23. The molecule has 0 spiro atoms. The van der Waals surface area contributed by atoms with Crippen molar-refractivity contribution in [1.29, 1.82) is 0 Å². The van der Waals surface area contributed by atoms with Crippen molar-refractivity contribution in [2.24, 2.45) is 0 Å². The number of carbonyl (C=O) groups excluding carboxylic acids is 1. The average Bonchev–Trinajstić information content (AvgIpc) is 2.37. The van der Waals surface area contributed by atoms with E-state index >= 15 is 0 Å². The molecule has 0 aromatic rings. The molecule has 0 bridgehead atoms. The fourth-order valence-electron chi connectivity index (χ4n) is 0.601. The smallest absolute Gasteiger partial charge is 0.337 e. The van der Waals surface area contributed by atoms with Crippen LogP contribution in [0.4, 0.5) is 0 Å². The van der Waals surface area contributed by atoms with E-state index in [1.165, 1.54) is 7.11 Å². The summed E-state index contributed by atoms with van der Waals surface area (Å²) in [4.78, 5) is 10.6. The van der Waals surface area contributed by atoms with Crippen LogP contribution in [0, 0.1) is 0 Å². The molecule has 0 N–H and O–H groups in total. The number of methoxy groups -OCH3 is 1. The van der Waals surface area contributed by atoms with Gasteiger partial charge in [-0.1, -0.05) is 0 Å². The quantitative estimate of drug-likeness (QED) is 0.452. The minimum atomic E-state index is -0.505. The largest absolute Gasteiger partial charge is 0.467 e. The molecule has 1 atom stereocenters. The Morgan fingerprint density at radius 2 is 2.56 bits per heavy atom. The van der Waals surface area contributed by atoms with E-state index in [4.69, 9.17) is 9.47 Å². The minimum Gasteiger partial charge on any atom is -0.467 e. The molecular formula is C5H8O4. The zero-order valence-electron chi connectivity index (χ0n) is 5.12. The molecular weight excluding hydrogens is 124 g/mol. The predicted octanol–water partition coefficient (Wildman–Crippen LogP) is -0.468. The molecule has 0 radical (unpaired) electrons. The highest BCUT2D eigenvalue weighted by atomic mass is 16.7. The van der Waals surface area contributed by atoms with Gasteiger partial charge in [-0.15, -0.1) is 0 Å². The Labute approximate surface area is 52.7 Å². The Hall–Kier alpha value is -0.610. The first kappa shape index (κ1) is 6.51. The fourth-order valence-corrected chi connectivity index (χ4v) is 0.601. The van der Waals surface area contributed by atoms with Gasteiger partial charge < -0.3 is 14.2 Å². The molecule has 1 aliphatic rings. The molecule has 0 unspecified atom stereocenters. The summed E-state index contributed by atoms with van der Waals surface area (Å²) in [6.07, 6.45) is -0.505. The second kappa shape index (κ2) is 2.80. The Morgan fingerprint density at radius 1 is 1.78 bits per heavy atom. The van der Waals surface area contributed by atoms with E-state index in [0.717, 1.165) is 0 Å². The van der Waals surface area contributed by atoms with Crippen LogP contribution >= 0.6 is 0 Å². The minimum absolute atomic E-state index is 0.194. The summed E-state index contributed by atoms with van der Waals surface area (Å²) in [5.41, 5.74) is 0. The van der Waals surface area contributed by atoms with Gasteiger partial charge in [0.15, 0.2) is 6.10 Å². The summed E-state index contributed by atoms with van der Waals surface area (Å²) in [5, 5.41) is 0. The first-order chi connectivity index (χ1) is 4.34. The van der Waals surface area contributed by atoms with Gasteiger partial charge in [-0.3, -0.25) is 0 Å². The third-order valence-electron chi connectivity index (χ3n) is 1.09. The fraction of sp³-hybridized carbons (Fsp3) is 0.800. The lowest BCUT2D eigenvalue weighted by atomic mass is 10.4. The topological polar surface area (TPSA) is 44.8 Å². The van der Waals surface area contributed by atoms with Crippen LogP contribution in [0.3, 0.4) is 0 Å². The zero-order valence-corrected chi connectivity index (χ0v) is 5.12. The van der Waals surface area contributed by atoms with E-state index in [2.05, 4.69) is 4.74 Å². The highest BCUT2D eigenvalue weighted by molar-refractivity contribution is 5.74. The second-order valence-electron chi connectivity index (χ2n) is 1.67. The molecule has 1 aliphatic heterocycles. The summed E-state index contributed by atoms with van der Waals surface area (Å²) in [7, 11) is 1.32. The molecule has 0 amide bonds. The van der Waals surface area contributed by atoms with E-state index in [-0.39, 0.29) is 12.8 Å². The van der Waals surface area contributed by atoms with Gasteiger partial charge in [0.05, 0.1) is 13.7 Å². The van der Waals surface area contributed by atoms with E-state index in [1.807, 2.05) is 0 Å². The molecule has 4 heteroatoms. The third-order valence-corrected chi connectivity index (χ3v) is 1.09. The van der Waals surface area contributed by atoms with Gasteiger partial charge in [0.25, 0.3) is 0 Å². The number of rotatable bonds is 1. The molecule has 0 aliphatic carbocycles. The molecule has 0 aromatic heterocycles. The Morgan fingerprint density at radius 3 is 3.00 bits per heavy atom. The van der Waals surface area contributed by atoms with Gasteiger partial charge in [-0.05, 0) is 0 Å². The van der Waals surface area contributed by atoms with Crippen LogP contribution in [0.15, 0.2) is 0 Å². The van der Waals surface area contributed by atoms with Gasteiger partial charge in [-0.2, -0.15) is 0 Å². The molecule has 0 aromatic carbocycles. The van der Waals surface area contributed by atoms with Crippen molar-refractivity contribution in [3.63, 3.8) is 0 Å². The summed E-state index contributed by atoms with van der Waals surface area (Å²) in [6, 6.07) is 0. The molecule has 0 saturated carbocycles. The van der Waals surface area contributed by atoms with Gasteiger partial charge in [0.1, 0.15) is 6.79 Å². The molecule has 1 fully saturated rings. The van der Waals surface area contributed by atoms with Crippen LogP contribution in [0.2, 0.25) is 0 Å². The molecule has 4 nitrogen and oxygen atoms in total. The number of esters is 1. The van der Waals surface area contributed by atoms with Crippen molar-refractivity contribution in [2.45, 2.75) is 6.10 Å². The van der Waals surface area contributed by atoms with Crippen molar-refractivity contribution in [3.8, 4) is 0 Å². The van der Waals surface area contributed by atoms with Crippen LogP contribution in [-0.4, -0.2) is 32.6 Å². The van der Waals surface area contributed by atoms with Gasteiger partial charge in [0.2, 0.25) is 0 Å². The second-order valence-corrected chi connectivity index (χ2v) is 1.67. The standard InChI is InChI=1S/C5H8O4/c1-7-5(6)4-2-8-3-9-4/h4H,2-3H2,1H3/t4-/m1/s1. The lowest BCUT2D eigenvalue weighted by molar-refractivity contribution is -0.150. The Kier molecular flexibility index (Phi) is 2.02. The maximum atomic E-state index is 10.6. The third kappa shape index (κ3) is 1.40. The SMILES string of the molecule is COC(=O)[C@H]1COCO1. The van der Waals surface area contributed by atoms with E-state index in [1.54, 1.807) is 0 Å². The summed E-state index contributed by atoms with van der Waals surface area (Å²) < 4.78 is 14.0. The molecule has 1 rings (SSSR count). The van der Waals surface area contributed by atoms with Crippen molar-refractivity contribution < 1.29 is 19.0 Å². The van der Waals surface area contributed by atoms with E-state index in [0.29, 0.717) is 6.61 Å². The first-order valence-corrected chi connectivity index (χ1v) is 2.62. The maximum Gasteiger partial charge on any atom is 0.337 e. The van der Waals surface area contributed by atoms with Crippen LogP contribution in [-0.2, 0) is 19.0 Å². The molecule has 9 heavy (non-hydrogen) atoms. The Bertz CT molecular complexity index is 106. The number of carbonyl (C=O) groups is 1. The van der Waals surface area contributed by atoms with Crippen molar-refractivity contribution in [1.82, 2.24) is 0 Å². The summed E-state index contributed by atoms with van der Waals surface area (Å²) >= 11 is 0. The van der Waals surface area contributed by atoms with Crippen molar-refractivity contribution >= 4 is 5.97 Å². The van der Waals surface area contributed by atoms with Crippen molar-refractivity contribution in [3.05, 3.63) is 0 Å². The van der Waals surface area contributed by atoms with Crippen molar-refractivity contribution in [2.75, 3.05) is 20.5 Å². The normalized spacial score (nSPS) is 26.1. The average molecular weight is 132 g/mol. The van der Waals surface area contributed by atoms with Crippen LogP contribution < -0.4 is 0 Å². The van der Waals surface area contributed by atoms with Crippen LogP contribution in [0.5, 0.6) is 0 Å². The number of hydrogen-bond donors (Lipinski definition) is 0. The number of hydrogen-bond acceptors (Lipinski definition) is 4. The van der Waals surface area contributed by atoms with Crippen LogP contribution in [0.25, 0.3) is 0 Å². The highest BCUT2D eigenvalue weighted by Crippen LogP contribution is 2.03. The van der Waals surface area contributed by atoms with E-state index < -0.39 is 6.10 Å². The Balaban J connectivity index is 2.32. The molecule has 1 saturated heterocycles. The highest BCUT2D eigenvalue weighted by Gasteiger charge is 2.24. The lowest BCUT2D eigenvalue weighted by Gasteiger charge is -2.01. The number of ether oxygens (including phenoxy) is 3. The van der Waals surface area contributed by atoms with E-state index in [9.17, 15) is 4.79 Å². The summed E-state index contributed by atoms with van der Waals surface area (Å²) in [5.74, 6) is -0.368. The van der Waals surface area contributed by atoms with Gasteiger partial charge in [0, 0.05) is 0 Å². The maximum absolute atomic E-state index is 10.6. The molecule has 52 valence electrons. The van der Waals surface area contributed by atoms with Crippen LogP contribution in [0.1, 0.15) is 0 Å². The van der Waals surface area contributed by atoms with Gasteiger partial charge >= 0.3 is 5.97 Å². The monoisotopic (exact) mass is 132 g/mol. The summed E-state index contributed by atoms with van der Waals surface area (Å²) in [6.45, 7) is 0.506. The zero-order chi connectivity index (χ0) is 6.69. The predicted molar refractivity (Wildman–Crippen MR) is 27.7 cm³/mol. The first-order valence-electron chi connectivity index (χ1n) is 2.62. The molecule has 1 heterocycles.